The van der Waals surface area contributed by atoms with Crippen LogP contribution >= 0.6 is 11.3 Å². The quantitative estimate of drug-likeness (QED) is 0.922. The van der Waals surface area contributed by atoms with Gasteiger partial charge >= 0.3 is 5.97 Å². The highest BCUT2D eigenvalue weighted by molar-refractivity contribution is 7.09. The number of carbonyl (C=O) groups is 1. The van der Waals surface area contributed by atoms with Crippen LogP contribution in [0.1, 0.15) is 15.2 Å². The van der Waals surface area contributed by atoms with Crippen LogP contribution in [0.5, 0.6) is 0 Å². The summed E-state index contributed by atoms with van der Waals surface area (Å²) in [5.41, 5.74) is 0.356. The Kier molecular flexibility index (Phi) is 3.62. The Bertz CT molecular complexity index is 554. The third-order valence-corrected chi connectivity index (χ3v) is 3.46. The van der Waals surface area contributed by atoms with Gasteiger partial charge in [0, 0.05) is 17.6 Å². The maximum absolute atomic E-state index is 13.5. The van der Waals surface area contributed by atoms with Crippen molar-refractivity contribution in [3.63, 3.8) is 0 Å². The van der Waals surface area contributed by atoms with Gasteiger partial charge < -0.3 is 10.0 Å². The summed E-state index contributed by atoms with van der Waals surface area (Å²) < 4.78 is 13.5. The SMILES string of the molecule is CN(Cc1cccs1)c1ccc(C(=O)O)c(F)c1. The largest absolute Gasteiger partial charge is 0.478 e. The minimum absolute atomic E-state index is 0.303. The Balaban J connectivity index is 2.18. The topological polar surface area (TPSA) is 40.5 Å². The molecule has 0 spiro atoms. The summed E-state index contributed by atoms with van der Waals surface area (Å²) in [6.45, 7) is 0.670. The van der Waals surface area contributed by atoms with E-state index in [1.165, 1.54) is 17.0 Å². The van der Waals surface area contributed by atoms with E-state index in [0.29, 0.717) is 12.2 Å². The molecule has 0 radical (unpaired) electrons. The van der Waals surface area contributed by atoms with Gasteiger partial charge in [0.1, 0.15) is 5.82 Å². The van der Waals surface area contributed by atoms with E-state index in [2.05, 4.69) is 0 Å². The maximum Gasteiger partial charge on any atom is 0.338 e. The van der Waals surface area contributed by atoms with E-state index in [0.717, 1.165) is 0 Å². The number of carboxylic acid groups (broad SMARTS) is 1. The van der Waals surface area contributed by atoms with Crippen LogP contribution in [0.4, 0.5) is 10.1 Å². The van der Waals surface area contributed by atoms with Crippen molar-refractivity contribution in [2.45, 2.75) is 6.54 Å². The van der Waals surface area contributed by atoms with Gasteiger partial charge in [0.05, 0.1) is 12.1 Å². The number of aromatic carboxylic acids is 1. The molecular formula is C13H12FNO2S. The Morgan fingerprint density at radius 3 is 2.78 bits per heavy atom. The zero-order valence-electron chi connectivity index (χ0n) is 9.76. The molecular weight excluding hydrogens is 253 g/mol. The number of carboxylic acids is 1. The summed E-state index contributed by atoms with van der Waals surface area (Å²) in [6.07, 6.45) is 0. The van der Waals surface area contributed by atoms with Gasteiger partial charge in [0.15, 0.2) is 0 Å². The van der Waals surface area contributed by atoms with Crippen LogP contribution in [0.15, 0.2) is 35.7 Å². The van der Waals surface area contributed by atoms with E-state index in [1.807, 2.05) is 29.5 Å². The van der Waals surface area contributed by atoms with Crippen molar-refractivity contribution >= 4 is 23.0 Å². The van der Waals surface area contributed by atoms with Gasteiger partial charge in [-0.05, 0) is 29.6 Å². The normalized spacial score (nSPS) is 10.3. The van der Waals surface area contributed by atoms with Crippen molar-refractivity contribution in [3.05, 3.63) is 52.0 Å². The van der Waals surface area contributed by atoms with Gasteiger partial charge in [-0.25, -0.2) is 9.18 Å². The Hall–Kier alpha value is -1.88. The second-order valence-corrected chi connectivity index (χ2v) is 4.94. The van der Waals surface area contributed by atoms with Gasteiger partial charge in [-0.15, -0.1) is 11.3 Å². The number of halogens is 1. The lowest BCUT2D eigenvalue weighted by Gasteiger charge is -2.18. The van der Waals surface area contributed by atoms with Crippen molar-refractivity contribution in [2.24, 2.45) is 0 Å². The van der Waals surface area contributed by atoms with Crippen molar-refractivity contribution in [3.8, 4) is 0 Å². The summed E-state index contributed by atoms with van der Waals surface area (Å²) in [5, 5.41) is 10.7. The van der Waals surface area contributed by atoms with Crippen LogP contribution in [0.3, 0.4) is 0 Å². The molecule has 0 fully saturated rings. The van der Waals surface area contributed by atoms with Crippen molar-refractivity contribution < 1.29 is 14.3 Å². The summed E-state index contributed by atoms with van der Waals surface area (Å²) in [5.74, 6) is -1.96. The van der Waals surface area contributed by atoms with E-state index in [4.69, 9.17) is 5.11 Å². The predicted molar refractivity (Wildman–Crippen MR) is 69.8 cm³/mol. The molecule has 0 atom stereocenters. The minimum Gasteiger partial charge on any atom is -0.478 e. The fourth-order valence-corrected chi connectivity index (χ4v) is 2.40. The number of rotatable bonds is 4. The van der Waals surface area contributed by atoms with Crippen LogP contribution in [0.25, 0.3) is 0 Å². The maximum atomic E-state index is 13.5. The molecule has 1 N–H and O–H groups in total. The summed E-state index contributed by atoms with van der Waals surface area (Å²) in [4.78, 5) is 13.7. The van der Waals surface area contributed by atoms with Crippen molar-refractivity contribution in [2.75, 3.05) is 11.9 Å². The third-order valence-electron chi connectivity index (χ3n) is 2.60. The average Bonchev–Trinajstić information content (AvgIpc) is 2.81. The van der Waals surface area contributed by atoms with E-state index in [9.17, 15) is 9.18 Å². The number of nitrogens with zero attached hydrogens (tertiary/aromatic N) is 1. The van der Waals surface area contributed by atoms with Gasteiger partial charge in [-0.3, -0.25) is 0 Å². The molecule has 1 heterocycles. The fraction of sp³-hybridized carbons (Fsp3) is 0.154. The fourth-order valence-electron chi connectivity index (χ4n) is 1.64. The first-order valence-electron chi connectivity index (χ1n) is 5.34. The molecule has 0 aliphatic carbocycles. The van der Waals surface area contributed by atoms with Crippen molar-refractivity contribution in [1.82, 2.24) is 0 Å². The Labute approximate surface area is 108 Å². The van der Waals surface area contributed by atoms with Gasteiger partial charge in [-0.2, -0.15) is 0 Å². The molecule has 2 rings (SSSR count). The monoisotopic (exact) mass is 265 g/mol. The molecule has 0 unspecified atom stereocenters. The molecule has 0 bridgehead atoms. The number of thiophene rings is 1. The molecule has 0 saturated heterocycles. The molecule has 18 heavy (non-hydrogen) atoms. The second kappa shape index (κ2) is 5.18. The molecule has 0 aliphatic rings. The standard InChI is InChI=1S/C13H12FNO2S/c1-15(8-10-3-2-6-18-10)9-4-5-11(13(16)17)12(14)7-9/h2-7H,8H2,1H3,(H,16,17). The number of anilines is 1. The highest BCUT2D eigenvalue weighted by Crippen LogP contribution is 2.21. The van der Waals surface area contributed by atoms with E-state index in [1.54, 1.807) is 17.4 Å². The molecule has 94 valence electrons. The Morgan fingerprint density at radius 2 is 2.22 bits per heavy atom. The second-order valence-electron chi connectivity index (χ2n) is 3.90. The van der Waals surface area contributed by atoms with Crippen LogP contribution in [-0.2, 0) is 6.54 Å². The Morgan fingerprint density at radius 1 is 1.44 bits per heavy atom. The summed E-state index contributed by atoms with van der Waals surface area (Å²) in [6, 6.07) is 8.11. The summed E-state index contributed by atoms with van der Waals surface area (Å²) in [7, 11) is 1.84. The van der Waals surface area contributed by atoms with Gasteiger partial charge in [-0.1, -0.05) is 6.07 Å². The van der Waals surface area contributed by atoms with Crippen LogP contribution in [-0.4, -0.2) is 18.1 Å². The first kappa shape index (κ1) is 12.6. The molecule has 0 amide bonds. The zero-order valence-corrected chi connectivity index (χ0v) is 10.6. The summed E-state index contributed by atoms with van der Waals surface area (Å²) >= 11 is 1.63. The first-order valence-corrected chi connectivity index (χ1v) is 6.22. The number of benzene rings is 1. The van der Waals surface area contributed by atoms with Crippen molar-refractivity contribution in [1.29, 1.82) is 0 Å². The highest BCUT2D eigenvalue weighted by atomic mass is 32.1. The minimum atomic E-state index is -1.25. The van der Waals surface area contributed by atoms with Crippen LogP contribution < -0.4 is 4.90 Å². The zero-order chi connectivity index (χ0) is 13.1. The molecule has 1 aromatic heterocycles. The smallest absolute Gasteiger partial charge is 0.338 e. The predicted octanol–water partition coefficient (Wildman–Crippen LogP) is 3.22. The molecule has 3 nitrogen and oxygen atoms in total. The molecule has 5 heteroatoms. The lowest BCUT2D eigenvalue weighted by atomic mass is 10.2. The van der Waals surface area contributed by atoms with Gasteiger partial charge in [0.2, 0.25) is 0 Å². The number of hydrogen-bond acceptors (Lipinski definition) is 3. The van der Waals surface area contributed by atoms with Crippen LogP contribution in [0.2, 0.25) is 0 Å². The first-order chi connectivity index (χ1) is 8.58. The molecule has 0 aliphatic heterocycles. The number of hydrogen-bond donors (Lipinski definition) is 1. The van der Waals surface area contributed by atoms with E-state index in [-0.39, 0.29) is 5.56 Å². The lowest BCUT2D eigenvalue weighted by Crippen LogP contribution is -2.16. The third kappa shape index (κ3) is 2.68. The van der Waals surface area contributed by atoms with Gasteiger partial charge in [0.25, 0.3) is 0 Å². The van der Waals surface area contributed by atoms with E-state index >= 15 is 0 Å². The van der Waals surface area contributed by atoms with Crippen LogP contribution in [0, 0.1) is 5.82 Å². The molecule has 1 aromatic carbocycles. The highest BCUT2D eigenvalue weighted by Gasteiger charge is 2.12. The molecule has 0 saturated carbocycles. The molecule has 2 aromatic rings. The van der Waals surface area contributed by atoms with E-state index < -0.39 is 11.8 Å². The lowest BCUT2D eigenvalue weighted by molar-refractivity contribution is 0.0692. The average molecular weight is 265 g/mol.